The highest BCUT2D eigenvalue weighted by atomic mass is 16.6. The topological polar surface area (TPSA) is 164 Å². The van der Waals surface area contributed by atoms with Crippen molar-refractivity contribution in [1.82, 2.24) is 0 Å². The number of carbonyl (C=O) groups excluding carboxylic acids is 3. The van der Waals surface area contributed by atoms with Crippen LogP contribution in [-0.4, -0.2) is 58.4 Å². The number of rotatable bonds is 6. The Bertz CT molecular complexity index is 871. The van der Waals surface area contributed by atoms with Crippen molar-refractivity contribution in [3.63, 3.8) is 0 Å². The Hall–Kier alpha value is -3.01. The second-order valence-electron chi connectivity index (χ2n) is 8.31. The van der Waals surface area contributed by atoms with Crippen LogP contribution in [0.15, 0.2) is 23.8 Å². The molecule has 170 valence electrons. The molecule has 0 aromatic carbocycles. The minimum Gasteiger partial charge on any atom is -0.480 e. The van der Waals surface area contributed by atoms with E-state index in [9.17, 15) is 34.2 Å². The fourth-order valence-electron chi connectivity index (χ4n) is 5.07. The van der Waals surface area contributed by atoms with Gasteiger partial charge >= 0.3 is 29.8 Å². The number of aliphatic carboxylic acids is 2. The number of aliphatic hydroxyl groups is 1. The van der Waals surface area contributed by atoms with Gasteiger partial charge in [-0.25, -0.2) is 4.79 Å². The van der Waals surface area contributed by atoms with Crippen LogP contribution in [0.25, 0.3) is 0 Å². The van der Waals surface area contributed by atoms with Crippen LogP contribution in [-0.2, 0) is 33.4 Å². The van der Waals surface area contributed by atoms with Crippen molar-refractivity contribution < 1.29 is 48.8 Å². The molecule has 0 unspecified atom stereocenters. The van der Waals surface area contributed by atoms with E-state index < -0.39 is 65.0 Å². The van der Waals surface area contributed by atoms with Crippen LogP contribution in [0, 0.1) is 22.7 Å². The van der Waals surface area contributed by atoms with Crippen molar-refractivity contribution in [1.29, 1.82) is 0 Å². The van der Waals surface area contributed by atoms with Gasteiger partial charge in [0.25, 0.3) is 0 Å². The van der Waals surface area contributed by atoms with Crippen LogP contribution in [0.3, 0.4) is 0 Å². The lowest BCUT2D eigenvalue weighted by Crippen LogP contribution is -2.62. The zero-order valence-electron chi connectivity index (χ0n) is 17.5. The number of esters is 3. The van der Waals surface area contributed by atoms with E-state index in [1.54, 1.807) is 6.92 Å². The molecule has 0 amide bonds. The zero-order chi connectivity index (χ0) is 23.7. The molecule has 3 N–H and O–H groups in total. The van der Waals surface area contributed by atoms with Crippen LogP contribution < -0.4 is 0 Å². The third kappa shape index (κ3) is 3.99. The monoisotopic (exact) mass is 438 g/mol. The number of carbonyl (C=O) groups is 5. The summed E-state index contributed by atoms with van der Waals surface area (Å²) in [5, 5.41) is 29.7. The molecule has 2 aliphatic rings. The predicted octanol–water partition coefficient (Wildman–Crippen LogP) is 1.07. The molecule has 2 rings (SSSR count). The van der Waals surface area contributed by atoms with Gasteiger partial charge in [0.05, 0.1) is 25.0 Å². The molecule has 10 nitrogen and oxygen atoms in total. The number of carboxylic acids is 2. The minimum absolute atomic E-state index is 0.111. The Morgan fingerprint density at radius 3 is 2.42 bits per heavy atom. The molecule has 1 aliphatic heterocycles. The van der Waals surface area contributed by atoms with E-state index in [4.69, 9.17) is 14.6 Å². The van der Waals surface area contributed by atoms with E-state index in [-0.39, 0.29) is 19.3 Å². The Kier molecular flexibility index (Phi) is 6.75. The molecule has 0 radical (unpaired) electrons. The second kappa shape index (κ2) is 8.62. The van der Waals surface area contributed by atoms with Gasteiger partial charge in [0.1, 0.15) is 0 Å². The number of carboxylic acid groups (broad SMARTS) is 2. The number of fused-ring (bicyclic) bond motifs is 1. The average Bonchev–Trinajstić information content (AvgIpc) is 2.73. The van der Waals surface area contributed by atoms with Crippen molar-refractivity contribution in [2.24, 2.45) is 22.7 Å². The van der Waals surface area contributed by atoms with Crippen molar-refractivity contribution in [2.45, 2.75) is 45.6 Å². The Labute approximate surface area is 178 Å². The molecule has 0 bridgehead atoms. The van der Waals surface area contributed by atoms with E-state index in [2.05, 4.69) is 6.58 Å². The molecule has 1 saturated heterocycles. The third-order valence-corrected chi connectivity index (χ3v) is 6.42. The number of allylic oxidation sites excluding steroid dienone is 1. The first kappa shape index (κ1) is 24.3. The summed E-state index contributed by atoms with van der Waals surface area (Å²) in [5.41, 5.74) is -3.52. The minimum atomic E-state index is -2.41. The van der Waals surface area contributed by atoms with Crippen LogP contribution in [0.2, 0.25) is 0 Å². The molecule has 5 atom stereocenters. The van der Waals surface area contributed by atoms with Crippen LogP contribution in [0.5, 0.6) is 0 Å². The number of aliphatic hydroxyl groups excluding tert-OH is 1. The summed E-state index contributed by atoms with van der Waals surface area (Å²) in [6, 6.07) is 0. The van der Waals surface area contributed by atoms with Gasteiger partial charge < -0.3 is 24.8 Å². The zero-order valence-corrected chi connectivity index (χ0v) is 17.5. The summed E-state index contributed by atoms with van der Waals surface area (Å²) in [4.78, 5) is 61.4. The summed E-state index contributed by atoms with van der Waals surface area (Å²) in [5.74, 6) is -8.67. The molecule has 1 aliphatic carbocycles. The molecule has 1 heterocycles. The van der Waals surface area contributed by atoms with Gasteiger partial charge in [-0.1, -0.05) is 17.7 Å². The fraction of sp³-hybridized carbons (Fsp3) is 0.571. The van der Waals surface area contributed by atoms with Crippen LogP contribution in [0.4, 0.5) is 0 Å². The maximum absolute atomic E-state index is 13.2. The molecule has 0 spiro atoms. The molecule has 31 heavy (non-hydrogen) atoms. The Balaban J connectivity index is 2.74. The number of hydrogen-bond acceptors (Lipinski definition) is 8. The predicted molar refractivity (Wildman–Crippen MR) is 103 cm³/mol. The third-order valence-electron chi connectivity index (χ3n) is 6.42. The van der Waals surface area contributed by atoms with Crippen LogP contribution in [0.1, 0.15) is 39.5 Å². The first-order valence-electron chi connectivity index (χ1n) is 9.65. The van der Waals surface area contributed by atoms with Gasteiger partial charge in [-0.15, -0.1) is 0 Å². The van der Waals surface area contributed by atoms with Gasteiger partial charge in [0.2, 0.25) is 0 Å². The molecule has 10 heteroatoms. The molecular formula is C21H26O10. The van der Waals surface area contributed by atoms with Crippen molar-refractivity contribution in [3.05, 3.63) is 23.8 Å². The quantitative estimate of drug-likeness (QED) is 0.236. The van der Waals surface area contributed by atoms with Gasteiger partial charge in [0.15, 0.2) is 5.41 Å². The van der Waals surface area contributed by atoms with E-state index >= 15 is 0 Å². The maximum atomic E-state index is 13.2. The van der Waals surface area contributed by atoms with E-state index in [1.165, 1.54) is 0 Å². The smallest absolute Gasteiger partial charge is 0.331 e. The summed E-state index contributed by atoms with van der Waals surface area (Å²) in [6.45, 7) is 6.51. The highest BCUT2D eigenvalue weighted by Gasteiger charge is 2.70. The lowest BCUT2D eigenvalue weighted by atomic mass is 9.49. The summed E-state index contributed by atoms with van der Waals surface area (Å²) >= 11 is 0. The molecular weight excluding hydrogens is 412 g/mol. The number of cyclic esters (lactones) is 2. The van der Waals surface area contributed by atoms with E-state index in [0.717, 1.165) is 20.1 Å². The number of hydrogen-bond donors (Lipinski definition) is 3. The van der Waals surface area contributed by atoms with E-state index in [1.807, 2.05) is 0 Å². The molecule has 1 saturated carbocycles. The fourth-order valence-corrected chi connectivity index (χ4v) is 5.07. The summed E-state index contributed by atoms with van der Waals surface area (Å²) < 4.78 is 9.66. The number of ether oxygens (including phenoxy) is 2. The highest BCUT2D eigenvalue weighted by Crippen LogP contribution is 2.60. The normalized spacial score (nSPS) is 33.7. The van der Waals surface area contributed by atoms with Gasteiger partial charge in [-0.2, -0.15) is 0 Å². The summed E-state index contributed by atoms with van der Waals surface area (Å²) in [6.07, 6.45) is -0.997. The first-order chi connectivity index (χ1) is 14.3. The average molecular weight is 438 g/mol. The second-order valence-corrected chi connectivity index (χ2v) is 8.31. The largest absolute Gasteiger partial charge is 0.480 e. The van der Waals surface area contributed by atoms with Crippen molar-refractivity contribution in [3.8, 4) is 0 Å². The SMILES string of the molecule is C=C1C[C@@H](O)[C@H]2[C@@](C)(C(=O)O)C(=O)OC(=O)C[C@]2(C(=O)OC)[C@H]1CC/C(C)=C/C(=O)O. The highest BCUT2D eigenvalue weighted by molar-refractivity contribution is 6.05. The first-order valence-corrected chi connectivity index (χ1v) is 9.65. The maximum Gasteiger partial charge on any atom is 0.331 e. The van der Waals surface area contributed by atoms with Crippen molar-refractivity contribution in [2.75, 3.05) is 7.11 Å². The number of methoxy groups -OCH3 is 1. The Morgan fingerprint density at radius 2 is 1.90 bits per heavy atom. The molecule has 2 fully saturated rings. The van der Waals surface area contributed by atoms with Gasteiger partial charge in [-0.3, -0.25) is 19.2 Å². The lowest BCUT2D eigenvalue weighted by Gasteiger charge is -2.52. The van der Waals surface area contributed by atoms with Gasteiger partial charge in [0, 0.05) is 12.0 Å². The molecule has 0 aromatic heterocycles. The van der Waals surface area contributed by atoms with Gasteiger partial charge in [-0.05, 0) is 39.0 Å². The molecule has 0 aromatic rings. The standard InChI is InChI=1S/C21H26O10/c1-10(7-14(23)24)5-6-12-11(2)8-13(22)16-20(3,17(26)27)18(28)31-15(25)9-21(12,16)19(29)30-4/h7,12-13,16,22H,2,5-6,8-9H2,1,3-4H3,(H,23,24)(H,26,27)/b10-7+/t12-,13+,16-,20-,21-/m0/s1. The van der Waals surface area contributed by atoms with Crippen LogP contribution >= 0.6 is 0 Å². The lowest BCUT2D eigenvalue weighted by molar-refractivity contribution is -0.189. The van der Waals surface area contributed by atoms with Crippen molar-refractivity contribution >= 4 is 29.8 Å². The Morgan fingerprint density at radius 1 is 1.29 bits per heavy atom. The van der Waals surface area contributed by atoms with E-state index in [0.29, 0.717) is 11.1 Å². The summed E-state index contributed by atoms with van der Waals surface area (Å²) in [7, 11) is 1.06.